The van der Waals surface area contributed by atoms with Crippen LogP contribution in [0.2, 0.25) is 0 Å². The molecule has 0 amide bonds. The average molecular weight is 264 g/mol. The fourth-order valence-electron chi connectivity index (χ4n) is 3.75. The summed E-state index contributed by atoms with van der Waals surface area (Å²) >= 11 is 0. The standard InChI is InChI=1S/C20H24/c1-15-13-16-9-7-8-12-18(16)19(15)14-20(2,3)17-10-5-4-6-11-17/h4-12,15,19H,13-14H2,1-3H3. The van der Waals surface area contributed by atoms with E-state index in [2.05, 4.69) is 75.4 Å². The number of hydrogen-bond acceptors (Lipinski definition) is 0. The lowest BCUT2D eigenvalue weighted by atomic mass is 9.73. The van der Waals surface area contributed by atoms with Crippen LogP contribution < -0.4 is 0 Å². The van der Waals surface area contributed by atoms with Crippen LogP contribution in [0.1, 0.15) is 49.8 Å². The van der Waals surface area contributed by atoms with E-state index in [1.807, 2.05) is 0 Å². The highest BCUT2D eigenvalue weighted by Crippen LogP contribution is 2.45. The lowest BCUT2D eigenvalue weighted by Crippen LogP contribution is -2.22. The molecule has 3 rings (SSSR count). The van der Waals surface area contributed by atoms with Gasteiger partial charge in [-0.3, -0.25) is 0 Å². The van der Waals surface area contributed by atoms with E-state index in [0.717, 1.165) is 5.92 Å². The number of hydrogen-bond donors (Lipinski definition) is 0. The van der Waals surface area contributed by atoms with Crippen LogP contribution in [0.25, 0.3) is 0 Å². The third-order valence-electron chi connectivity index (χ3n) is 4.97. The fourth-order valence-corrected chi connectivity index (χ4v) is 3.75. The van der Waals surface area contributed by atoms with Crippen molar-refractivity contribution >= 4 is 0 Å². The van der Waals surface area contributed by atoms with Crippen LogP contribution in [0.15, 0.2) is 54.6 Å². The Morgan fingerprint density at radius 2 is 1.60 bits per heavy atom. The van der Waals surface area contributed by atoms with E-state index >= 15 is 0 Å². The molecule has 0 saturated heterocycles. The molecule has 2 aromatic rings. The van der Waals surface area contributed by atoms with Crippen molar-refractivity contribution in [3.05, 3.63) is 71.3 Å². The average Bonchev–Trinajstić information content (AvgIpc) is 2.76. The van der Waals surface area contributed by atoms with Gasteiger partial charge in [-0.05, 0) is 46.8 Å². The first-order valence-corrected chi connectivity index (χ1v) is 7.71. The van der Waals surface area contributed by atoms with Crippen molar-refractivity contribution in [3.63, 3.8) is 0 Å². The van der Waals surface area contributed by atoms with Crippen LogP contribution in [-0.2, 0) is 11.8 Å². The highest BCUT2D eigenvalue weighted by Gasteiger charge is 2.34. The fraction of sp³-hybridized carbons (Fsp3) is 0.400. The van der Waals surface area contributed by atoms with Gasteiger partial charge < -0.3 is 0 Å². The molecule has 0 heterocycles. The molecule has 0 heteroatoms. The van der Waals surface area contributed by atoms with Gasteiger partial charge in [-0.2, -0.15) is 0 Å². The van der Waals surface area contributed by atoms with Gasteiger partial charge in [-0.25, -0.2) is 0 Å². The van der Waals surface area contributed by atoms with Gasteiger partial charge >= 0.3 is 0 Å². The smallest absolute Gasteiger partial charge is 0.00976 e. The molecular weight excluding hydrogens is 240 g/mol. The van der Waals surface area contributed by atoms with Crippen molar-refractivity contribution in [1.82, 2.24) is 0 Å². The Morgan fingerprint density at radius 1 is 0.950 bits per heavy atom. The van der Waals surface area contributed by atoms with Crippen molar-refractivity contribution in [2.75, 3.05) is 0 Å². The third-order valence-corrected chi connectivity index (χ3v) is 4.97. The van der Waals surface area contributed by atoms with Crippen molar-refractivity contribution in [3.8, 4) is 0 Å². The summed E-state index contributed by atoms with van der Waals surface area (Å²) in [5.41, 5.74) is 4.84. The number of benzene rings is 2. The largest absolute Gasteiger partial charge is 0.0622 e. The SMILES string of the molecule is CC1Cc2ccccc2C1CC(C)(C)c1ccccc1. The maximum Gasteiger partial charge on any atom is -0.00976 e. The molecule has 0 nitrogen and oxygen atoms in total. The molecule has 1 aliphatic carbocycles. The van der Waals surface area contributed by atoms with E-state index in [1.54, 1.807) is 11.1 Å². The van der Waals surface area contributed by atoms with Gasteiger partial charge in [0.1, 0.15) is 0 Å². The summed E-state index contributed by atoms with van der Waals surface area (Å²) in [6.07, 6.45) is 2.47. The minimum absolute atomic E-state index is 0.234. The second kappa shape index (κ2) is 5.09. The molecule has 2 unspecified atom stereocenters. The van der Waals surface area contributed by atoms with E-state index < -0.39 is 0 Å². The molecular formula is C20H24. The Balaban J connectivity index is 1.88. The zero-order chi connectivity index (χ0) is 14.2. The zero-order valence-electron chi connectivity index (χ0n) is 12.8. The lowest BCUT2D eigenvalue weighted by molar-refractivity contribution is 0.367. The molecule has 1 aliphatic rings. The number of rotatable bonds is 3. The molecule has 0 N–H and O–H groups in total. The molecule has 2 atom stereocenters. The predicted octanol–water partition coefficient (Wildman–Crippen LogP) is 5.33. The van der Waals surface area contributed by atoms with Crippen molar-refractivity contribution in [1.29, 1.82) is 0 Å². The van der Waals surface area contributed by atoms with E-state index in [4.69, 9.17) is 0 Å². The van der Waals surface area contributed by atoms with E-state index in [-0.39, 0.29) is 5.41 Å². The van der Waals surface area contributed by atoms with Gasteiger partial charge in [0.25, 0.3) is 0 Å². The van der Waals surface area contributed by atoms with Crippen LogP contribution in [-0.4, -0.2) is 0 Å². The first kappa shape index (κ1) is 13.4. The summed E-state index contributed by atoms with van der Waals surface area (Å²) < 4.78 is 0. The summed E-state index contributed by atoms with van der Waals surface area (Å²) in [4.78, 5) is 0. The highest BCUT2D eigenvalue weighted by molar-refractivity contribution is 5.37. The first-order chi connectivity index (χ1) is 9.58. The van der Waals surface area contributed by atoms with E-state index in [1.165, 1.54) is 18.4 Å². The molecule has 104 valence electrons. The van der Waals surface area contributed by atoms with Crippen molar-refractivity contribution in [2.24, 2.45) is 5.92 Å². The van der Waals surface area contributed by atoms with Gasteiger partial charge in [0.05, 0.1) is 0 Å². The van der Waals surface area contributed by atoms with Crippen molar-refractivity contribution < 1.29 is 0 Å². The Morgan fingerprint density at radius 3 is 2.35 bits per heavy atom. The maximum absolute atomic E-state index is 2.41. The minimum Gasteiger partial charge on any atom is -0.0622 e. The molecule has 2 aromatic carbocycles. The topological polar surface area (TPSA) is 0 Å². The highest BCUT2D eigenvalue weighted by atomic mass is 14.4. The van der Waals surface area contributed by atoms with Crippen LogP contribution in [0, 0.1) is 5.92 Å². The molecule has 20 heavy (non-hydrogen) atoms. The zero-order valence-corrected chi connectivity index (χ0v) is 12.8. The van der Waals surface area contributed by atoms with Gasteiger partial charge in [0.2, 0.25) is 0 Å². The van der Waals surface area contributed by atoms with Crippen LogP contribution in [0.3, 0.4) is 0 Å². The maximum atomic E-state index is 2.41. The van der Waals surface area contributed by atoms with Gasteiger partial charge in [-0.15, -0.1) is 0 Å². The second-order valence-corrected chi connectivity index (χ2v) is 6.94. The quantitative estimate of drug-likeness (QED) is 0.703. The second-order valence-electron chi connectivity index (χ2n) is 6.94. The monoisotopic (exact) mass is 264 g/mol. The van der Waals surface area contributed by atoms with Gasteiger partial charge in [0, 0.05) is 0 Å². The normalized spacial score (nSPS) is 21.8. The molecule has 0 fully saturated rings. The first-order valence-electron chi connectivity index (χ1n) is 7.71. The summed E-state index contributed by atoms with van der Waals surface area (Å²) in [5.74, 6) is 1.46. The Bertz CT molecular complexity index is 580. The summed E-state index contributed by atoms with van der Waals surface area (Å²) in [7, 11) is 0. The van der Waals surface area contributed by atoms with Gasteiger partial charge in [0.15, 0.2) is 0 Å². The lowest BCUT2D eigenvalue weighted by Gasteiger charge is -2.31. The Kier molecular flexibility index (Phi) is 3.41. The van der Waals surface area contributed by atoms with Crippen LogP contribution in [0.4, 0.5) is 0 Å². The molecule has 0 radical (unpaired) electrons. The summed E-state index contributed by atoms with van der Waals surface area (Å²) in [6.45, 7) is 7.18. The molecule has 0 saturated carbocycles. The summed E-state index contributed by atoms with van der Waals surface area (Å²) in [5, 5.41) is 0. The van der Waals surface area contributed by atoms with E-state index in [9.17, 15) is 0 Å². The van der Waals surface area contributed by atoms with E-state index in [0.29, 0.717) is 5.92 Å². The van der Waals surface area contributed by atoms with Crippen LogP contribution >= 0.6 is 0 Å². The predicted molar refractivity (Wildman–Crippen MR) is 86.1 cm³/mol. The Hall–Kier alpha value is -1.56. The third kappa shape index (κ3) is 2.40. The molecule has 0 aromatic heterocycles. The molecule has 0 spiro atoms. The van der Waals surface area contributed by atoms with Gasteiger partial charge in [-0.1, -0.05) is 75.4 Å². The van der Waals surface area contributed by atoms with Crippen LogP contribution in [0.5, 0.6) is 0 Å². The summed E-state index contributed by atoms with van der Waals surface area (Å²) in [6, 6.07) is 20.0. The molecule has 0 bridgehead atoms. The molecule has 0 aliphatic heterocycles. The number of fused-ring (bicyclic) bond motifs is 1. The Labute approximate surface area is 122 Å². The minimum atomic E-state index is 0.234. The van der Waals surface area contributed by atoms with Crippen molar-refractivity contribution in [2.45, 2.75) is 44.9 Å².